The molecule has 0 unspecified atom stereocenters. The fourth-order valence-electron chi connectivity index (χ4n) is 5.69. The van der Waals surface area contributed by atoms with E-state index in [1.54, 1.807) is 36.4 Å². The summed E-state index contributed by atoms with van der Waals surface area (Å²) in [5.74, 6) is -4.37. The molecule has 2 fully saturated rings. The first-order chi connectivity index (χ1) is 16.8. The third-order valence-corrected chi connectivity index (χ3v) is 7.67. The number of carbonyl (C=O) groups is 4. The summed E-state index contributed by atoms with van der Waals surface area (Å²) in [4.78, 5) is 56.5. The maximum atomic E-state index is 13.9. The summed E-state index contributed by atoms with van der Waals surface area (Å²) in [5.41, 5.74) is 2.47. The van der Waals surface area contributed by atoms with Crippen LogP contribution in [0.5, 0.6) is 0 Å². The highest BCUT2D eigenvalue weighted by molar-refractivity contribution is 6.37. The molecule has 6 rings (SSSR count). The van der Waals surface area contributed by atoms with Crippen LogP contribution in [0.25, 0.3) is 0 Å². The minimum absolute atomic E-state index is 0.227. The van der Waals surface area contributed by atoms with Crippen molar-refractivity contribution in [1.29, 1.82) is 0 Å². The van der Waals surface area contributed by atoms with E-state index in [4.69, 9.17) is 4.74 Å². The van der Waals surface area contributed by atoms with E-state index in [0.717, 1.165) is 21.6 Å². The number of ether oxygens (including phenoxy) is 1. The smallest absolute Gasteiger partial charge is 0.241 e. The number of hydrogen-bond acceptors (Lipinski definition) is 5. The molecule has 1 spiro atoms. The standard InChI is InChI=1S/C29H23NO5/c1-15-8-11-18(12-9-15)24-22-23(28(34)30(27(22)33)19-13-10-16(2)17(3)14-19)29(35-24)25(31)20-6-4-5-7-21(20)26(29)32/h4-14,22-24H,1-3H3/t22-,23-,24-/m0/s1. The average Bonchev–Trinajstić information content (AvgIpc) is 3.41. The first-order valence-corrected chi connectivity index (χ1v) is 11.6. The molecule has 0 radical (unpaired) electrons. The number of imide groups is 1. The van der Waals surface area contributed by atoms with Gasteiger partial charge in [-0.1, -0.05) is 60.2 Å². The second kappa shape index (κ2) is 7.30. The van der Waals surface area contributed by atoms with Crippen LogP contribution < -0.4 is 4.90 Å². The summed E-state index contributed by atoms with van der Waals surface area (Å²) < 4.78 is 6.31. The molecule has 35 heavy (non-hydrogen) atoms. The van der Waals surface area contributed by atoms with Gasteiger partial charge < -0.3 is 4.74 Å². The molecule has 0 N–H and O–H groups in total. The van der Waals surface area contributed by atoms with Crippen LogP contribution in [0.15, 0.2) is 66.7 Å². The van der Waals surface area contributed by atoms with Crippen molar-refractivity contribution in [2.24, 2.45) is 11.8 Å². The van der Waals surface area contributed by atoms with Gasteiger partial charge in [0.1, 0.15) is 0 Å². The molecule has 1 aliphatic carbocycles. The van der Waals surface area contributed by atoms with Crippen molar-refractivity contribution in [1.82, 2.24) is 0 Å². The van der Waals surface area contributed by atoms with Gasteiger partial charge in [-0.3, -0.25) is 19.2 Å². The number of fused-ring (bicyclic) bond motifs is 3. The molecule has 0 aromatic heterocycles. The van der Waals surface area contributed by atoms with Crippen LogP contribution in [-0.4, -0.2) is 29.0 Å². The zero-order chi connectivity index (χ0) is 24.6. The number of aryl methyl sites for hydroxylation is 3. The second-order valence-corrected chi connectivity index (χ2v) is 9.67. The lowest BCUT2D eigenvalue weighted by molar-refractivity contribution is -0.127. The van der Waals surface area contributed by atoms with Gasteiger partial charge in [0.2, 0.25) is 29.0 Å². The summed E-state index contributed by atoms with van der Waals surface area (Å²) in [5, 5.41) is 0. The van der Waals surface area contributed by atoms with Gasteiger partial charge in [0.05, 0.1) is 23.6 Å². The number of rotatable bonds is 2. The van der Waals surface area contributed by atoms with E-state index >= 15 is 0 Å². The van der Waals surface area contributed by atoms with Gasteiger partial charge in [-0.15, -0.1) is 0 Å². The molecule has 3 aromatic rings. The van der Waals surface area contributed by atoms with Crippen molar-refractivity contribution < 1.29 is 23.9 Å². The van der Waals surface area contributed by atoms with Crippen LogP contribution in [0.1, 0.15) is 49.1 Å². The lowest BCUT2D eigenvalue weighted by Crippen LogP contribution is -2.51. The number of nitrogens with zero attached hydrogens (tertiary/aromatic N) is 1. The Morgan fingerprint density at radius 3 is 1.97 bits per heavy atom. The number of Topliss-reactive ketones (excluding diaryl/α,β-unsaturated/α-hetero) is 2. The highest BCUT2D eigenvalue weighted by atomic mass is 16.5. The Morgan fingerprint density at radius 2 is 1.37 bits per heavy atom. The van der Waals surface area contributed by atoms with Crippen LogP contribution in [0.4, 0.5) is 5.69 Å². The van der Waals surface area contributed by atoms with Crippen molar-refractivity contribution in [3.63, 3.8) is 0 Å². The predicted octanol–water partition coefficient (Wildman–Crippen LogP) is 4.31. The highest BCUT2D eigenvalue weighted by Crippen LogP contribution is 2.57. The highest BCUT2D eigenvalue weighted by Gasteiger charge is 2.74. The third-order valence-electron chi connectivity index (χ3n) is 7.67. The largest absolute Gasteiger partial charge is 0.349 e. The summed E-state index contributed by atoms with van der Waals surface area (Å²) in [6.45, 7) is 5.80. The summed E-state index contributed by atoms with van der Waals surface area (Å²) in [6, 6.07) is 19.3. The molecule has 3 aromatic carbocycles. The van der Waals surface area contributed by atoms with Crippen LogP contribution in [0.2, 0.25) is 0 Å². The molecular weight excluding hydrogens is 442 g/mol. The molecule has 3 atom stereocenters. The third kappa shape index (κ3) is 2.74. The van der Waals surface area contributed by atoms with Gasteiger partial charge in [-0.05, 0) is 49.6 Å². The van der Waals surface area contributed by atoms with Crippen LogP contribution in [0.3, 0.4) is 0 Å². The van der Waals surface area contributed by atoms with E-state index in [9.17, 15) is 19.2 Å². The average molecular weight is 466 g/mol. The molecule has 0 bridgehead atoms. The SMILES string of the molecule is Cc1ccc([C@@H]2OC3(C(=O)c4ccccc4C3=O)[C@@H]3C(=O)N(c4ccc(C)c(C)c4)C(=O)[C@@H]32)cc1. The Morgan fingerprint density at radius 1 is 0.743 bits per heavy atom. The minimum Gasteiger partial charge on any atom is -0.349 e. The molecule has 174 valence electrons. The zero-order valence-electron chi connectivity index (χ0n) is 19.6. The van der Waals surface area contributed by atoms with E-state index in [0.29, 0.717) is 11.3 Å². The first-order valence-electron chi connectivity index (χ1n) is 11.6. The van der Waals surface area contributed by atoms with E-state index in [1.165, 1.54) is 0 Å². The van der Waals surface area contributed by atoms with Crippen molar-refractivity contribution in [2.75, 3.05) is 4.90 Å². The number of anilines is 1. The second-order valence-electron chi connectivity index (χ2n) is 9.67. The molecule has 2 heterocycles. The van der Waals surface area contributed by atoms with Gasteiger partial charge in [-0.25, -0.2) is 4.90 Å². The molecule has 2 saturated heterocycles. The predicted molar refractivity (Wildman–Crippen MR) is 128 cm³/mol. The number of amides is 2. The van der Waals surface area contributed by atoms with Crippen molar-refractivity contribution in [2.45, 2.75) is 32.5 Å². The lowest BCUT2D eigenvalue weighted by atomic mass is 9.77. The van der Waals surface area contributed by atoms with Gasteiger partial charge >= 0.3 is 0 Å². The van der Waals surface area contributed by atoms with E-state index in [1.807, 2.05) is 51.1 Å². The topological polar surface area (TPSA) is 80.8 Å². The van der Waals surface area contributed by atoms with Gasteiger partial charge in [0, 0.05) is 11.1 Å². The monoisotopic (exact) mass is 465 g/mol. The maximum absolute atomic E-state index is 13.9. The molecule has 3 aliphatic rings. The zero-order valence-corrected chi connectivity index (χ0v) is 19.6. The fourth-order valence-corrected chi connectivity index (χ4v) is 5.69. The summed E-state index contributed by atoms with van der Waals surface area (Å²) >= 11 is 0. The Hall–Kier alpha value is -3.90. The van der Waals surface area contributed by atoms with Gasteiger partial charge in [0.25, 0.3) is 0 Å². The molecular formula is C29H23NO5. The van der Waals surface area contributed by atoms with Gasteiger partial charge in [0.15, 0.2) is 0 Å². The van der Waals surface area contributed by atoms with Crippen molar-refractivity contribution in [3.8, 4) is 0 Å². The van der Waals surface area contributed by atoms with Crippen LogP contribution in [0, 0.1) is 32.6 Å². The minimum atomic E-state index is -2.05. The van der Waals surface area contributed by atoms with E-state index in [-0.39, 0.29) is 11.1 Å². The Balaban J connectivity index is 1.54. The normalized spacial score (nSPS) is 24.4. The van der Waals surface area contributed by atoms with Crippen molar-refractivity contribution >= 4 is 29.1 Å². The quantitative estimate of drug-likeness (QED) is 0.416. The van der Waals surface area contributed by atoms with Crippen LogP contribution in [-0.2, 0) is 14.3 Å². The molecule has 2 amide bonds. The lowest BCUT2D eigenvalue weighted by Gasteiger charge is -2.27. The van der Waals surface area contributed by atoms with Gasteiger partial charge in [-0.2, -0.15) is 0 Å². The van der Waals surface area contributed by atoms with E-state index < -0.39 is 46.9 Å². The Labute approximate surface area is 202 Å². The summed E-state index contributed by atoms with van der Waals surface area (Å²) in [6.07, 6.45) is -0.907. The number of benzene rings is 3. The molecule has 6 heteroatoms. The molecule has 0 saturated carbocycles. The number of hydrogen-bond donors (Lipinski definition) is 0. The Bertz CT molecular complexity index is 1420. The van der Waals surface area contributed by atoms with E-state index in [2.05, 4.69) is 0 Å². The first kappa shape index (κ1) is 21.6. The maximum Gasteiger partial charge on any atom is 0.241 e. The Kier molecular flexibility index (Phi) is 4.51. The van der Waals surface area contributed by atoms with Crippen LogP contribution >= 0.6 is 0 Å². The number of carbonyl (C=O) groups excluding carboxylic acids is 4. The molecule has 6 nitrogen and oxygen atoms in total. The number of ketones is 2. The molecule has 2 aliphatic heterocycles. The fraction of sp³-hybridized carbons (Fsp3) is 0.241. The van der Waals surface area contributed by atoms with Crippen molar-refractivity contribution in [3.05, 3.63) is 100 Å². The summed E-state index contributed by atoms with van der Waals surface area (Å²) in [7, 11) is 0.